The fraction of sp³-hybridized carbons (Fsp3) is 0.294. The number of thiazole rings is 1. The molecular formula is C17H18N6OS. The van der Waals surface area contributed by atoms with Crippen LogP contribution in [0.25, 0.3) is 10.6 Å². The molecule has 1 aliphatic heterocycles. The Morgan fingerprint density at radius 3 is 3.16 bits per heavy atom. The summed E-state index contributed by atoms with van der Waals surface area (Å²) in [5.74, 6) is 0.523. The van der Waals surface area contributed by atoms with Crippen molar-refractivity contribution in [3.8, 4) is 10.6 Å². The molecular weight excluding hydrogens is 336 g/mol. The van der Waals surface area contributed by atoms with Crippen LogP contribution >= 0.6 is 11.3 Å². The molecule has 8 heteroatoms. The van der Waals surface area contributed by atoms with E-state index in [1.54, 1.807) is 17.5 Å². The number of fused-ring (bicyclic) bond motifs is 1. The third-order valence-corrected chi connectivity index (χ3v) is 5.02. The Hall–Kier alpha value is -2.58. The molecule has 0 saturated heterocycles. The predicted octanol–water partition coefficient (Wildman–Crippen LogP) is 1.59. The molecule has 4 rings (SSSR count). The van der Waals surface area contributed by atoms with E-state index < -0.39 is 0 Å². The number of hydrogen-bond acceptors (Lipinski definition) is 7. The lowest BCUT2D eigenvalue weighted by molar-refractivity contribution is 0.619. The number of anilines is 1. The number of hydrogen-bond donors (Lipinski definition) is 3. The predicted molar refractivity (Wildman–Crippen MR) is 97.8 cm³/mol. The monoisotopic (exact) mass is 354 g/mol. The molecule has 25 heavy (non-hydrogen) atoms. The number of H-pyrrole nitrogens is 1. The van der Waals surface area contributed by atoms with Crippen LogP contribution < -0.4 is 16.2 Å². The van der Waals surface area contributed by atoms with Crippen LogP contribution in [-0.2, 0) is 19.4 Å². The minimum Gasteiger partial charge on any atom is -0.355 e. The van der Waals surface area contributed by atoms with Gasteiger partial charge in [0.1, 0.15) is 5.01 Å². The highest BCUT2D eigenvalue weighted by Crippen LogP contribution is 2.22. The standard InChI is InChI=1S/C17H18N6OS/c24-15-13-4-6-19-9-14(13)22-17(23-15)20-7-3-12-10-25-16(21-12)11-2-1-5-18-8-11/h1-2,5,8,10,19H,3-4,6-7,9H2,(H2,20,22,23,24). The highest BCUT2D eigenvalue weighted by atomic mass is 32.1. The fourth-order valence-electron chi connectivity index (χ4n) is 2.80. The van der Waals surface area contributed by atoms with Gasteiger partial charge in [-0.3, -0.25) is 14.8 Å². The maximum atomic E-state index is 12.1. The summed E-state index contributed by atoms with van der Waals surface area (Å²) in [6, 6.07) is 3.91. The van der Waals surface area contributed by atoms with Gasteiger partial charge in [0.15, 0.2) is 0 Å². The van der Waals surface area contributed by atoms with E-state index in [9.17, 15) is 4.79 Å². The number of aromatic nitrogens is 4. The van der Waals surface area contributed by atoms with Crippen molar-refractivity contribution in [2.75, 3.05) is 18.4 Å². The van der Waals surface area contributed by atoms with E-state index in [0.717, 1.165) is 46.9 Å². The summed E-state index contributed by atoms with van der Waals surface area (Å²) in [6.07, 6.45) is 5.06. The molecule has 3 aromatic heterocycles. The van der Waals surface area contributed by atoms with Crippen LogP contribution in [0.2, 0.25) is 0 Å². The average Bonchev–Trinajstić information content (AvgIpc) is 3.12. The Morgan fingerprint density at radius 1 is 1.32 bits per heavy atom. The van der Waals surface area contributed by atoms with E-state index >= 15 is 0 Å². The van der Waals surface area contributed by atoms with E-state index in [-0.39, 0.29) is 5.56 Å². The first kappa shape index (κ1) is 15.9. The van der Waals surface area contributed by atoms with E-state index in [0.29, 0.717) is 19.0 Å². The molecule has 3 N–H and O–H groups in total. The Morgan fingerprint density at radius 2 is 2.28 bits per heavy atom. The molecule has 0 atom stereocenters. The molecule has 0 radical (unpaired) electrons. The van der Waals surface area contributed by atoms with Crippen LogP contribution in [0.15, 0.2) is 34.7 Å². The van der Waals surface area contributed by atoms with Gasteiger partial charge >= 0.3 is 0 Å². The molecule has 3 aromatic rings. The quantitative estimate of drug-likeness (QED) is 0.644. The first-order chi connectivity index (χ1) is 12.3. The maximum Gasteiger partial charge on any atom is 0.255 e. The van der Waals surface area contributed by atoms with Crippen molar-refractivity contribution < 1.29 is 0 Å². The molecule has 0 fully saturated rings. The van der Waals surface area contributed by atoms with Gasteiger partial charge in [-0.2, -0.15) is 0 Å². The zero-order chi connectivity index (χ0) is 17.1. The van der Waals surface area contributed by atoms with Crippen molar-refractivity contribution in [3.63, 3.8) is 0 Å². The van der Waals surface area contributed by atoms with Gasteiger partial charge in [-0.05, 0) is 25.1 Å². The van der Waals surface area contributed by atoms with E-state index in [1.807, 2.05) is 18.3 Å². The second-order valence-corrected chi connectivity index (χ2v) is 6.69. The van der Waals surface area contributed by atoms with Crippen LogP contribution in [0.3, 0.4) is 0 Å². The molecule has 128 valence electrons. The lowest BCUT2D eigenvalue weighted by Gasteiger charge is -2.16. The summed E-state index contributed by atoms with van der Waals surface area (Å²) < 4.78 is 0. The van der Waals surface area contributed by atoms with Gasteiger partial charge in [0.25, 0.3) is 5.56 Å². The second-order valence-electron chi connectivity index (χ2n) is 5.83. The van der Waals surface area contributed by atoms with Crippen LogP contribution in [0, 0.1) is 0 Å². The first-order valence-corrected chi connectivity index (χ1v) is 9.09. The highest BCUT2D eigenvalue weighted by Gasteiger charge is 2.15. The molecule has 0 saturated carbocycles. The summed E-state index contributed by atoms with van der Waals surface area (Å²) in [6.45, 7) is 2.13. The summed E-state index contributed by atoms with van der Waals surface area (Å²) in [5, 5.41) is 9.45. The van der Waals surface area contributed by atoms with Crippen molar-refractivity contribution in [1.82, 2.24) is 25.3 Å². The molecule has 1 aliphatic rings. The number of nitrogens with zero attached hydrogens (tertiary/aromatic N) is 3. The van der Waals surface area contributed by atoms with Crippen molar-refractivity contribution in [2.24, 2.45) is 0 Å². The number of aromatic amines is 1. The van der Waals surface area contributed by atoms with Gasteiger partial charge in [-0.25, -0.2) is 9.97 Å². The van der Waals surface area contributed by atoms with Gasteiger partial charge in [0.05, 0.1) is 11.4 Å². The molecule has 0 aliphatic carbocycles. The smallest absolute Gasteiger partial charge is 0.255 e. The molecule has 0 amide bonds. The molecule has 0 bridgehead atoms. The summed E-state index contributed by atoms with van der Waals surface area (Å²) in [5.41, 5.74) is 3.63. The summed E-state index contributed by atoms with van der Waals surface area (Å²) in [4.78, 5) is 28.2. The van der Waals surface area contributed by atoms with Crippen LogP contribution in [0.4, 0.5) is 5.95 Å². The first-order valence-electron chi connectivity index (χ1n) is 8.21. The van der Waals surface area contributed by atoms with Crippen molar-refractivity contribution in [3.05, 3.63) is 57.2 Å². The fourth-order valence-corrected chi connectivity index (χ4v) is 3.65. The Balaban J connectivity index is 1.39. The Labute approximate surface area is 148 Å². The van der Waals surface area contributed by atoms with Crippen LogP contribution in [-0.4, -0.2) is 33.0 Å². The van der Waals surface area contributed by atoms with Gasteiger partial charge in [-0.1, -0.05) is 0 Å². The maximum absolute atomic E-state index is 12.1. The van der Waals surface area contributed by atoms with Crippen molar-refractivity contribution in [2.45, 2.75) is 19.4 Å². The van der Waals surface area contributed by atoms with Crippen molar-refractivity contribution >= 4 is 17.3 Å². The average molecular weight is 354 g/mol. The van der Waals surface area contributed by atoms with Gasteiger partial charge < -0.3 is 10.6 Å². The molecule has 0 unspecified atom stereocenters. The highest BCUT2D eigenvalue weighted by molar-refractivity contribution is 7.13. The lowest BCUT2D eigenvalue weighted by Crippen LogP contribution is -2.31. The van der Waals surface area contributed by atoms with Gasteiger partial charge in [0.2, 0.25) is 5.95 Å². The van der Waals surface area contributed by atoms with Gasteiger partial charge in [-0.15, -0.1) is 11.3 Å². The zero-order valence-electron chi connectivity index (χ0n) is 13.6. The lowest BCUT2D eigenvalue weighted by atomic mass is 10.1. The molecule has 4 heterocycles. The minimum absolute atomic E-state index is 0.0403. The topological polar surface area (TPSA) is 95.6 Å². The number of rotatable bonds is 5. The third kappa shape index (κ3) is 3.59. The van der Waals surface area contributed by atoms with E-state index in [1.165, 1.54) is 0 Å². The van der Waals surface area contributed by atoms with E-state index in [2.05, 4.69) is 35.9 Å². The Kier molecular flexibility index (Phi) is 4.53. The van der Waals surface area contributed by atoms with Crippen LogP contribution in [0.5, 0.6) is 0 Å². The largest absolute Gasteiger partial charge is 0.355 e. The normalized spacial score (nSPS) is 13.4. The van der Waals surface area contributed by atoms with Crippen molar-refractivity contribution in [1.29, 1.82) is 0 Å². The zero-order valence-corrected chi connectivity index (χ0v) is 14.4. The second kappa shape index (κ2) is 7.12. The molecule has 0 spiro atoms. The van der Waals surface area contributed by atoms with Gasteiger partial charge in [0, 0.05) is 48.4 Å². The van der Waals surface area contributed by atoms with E-state index in [4.69, 9.17) is 0 Å². The summed E-state index contributed by atoms with van der Waals surface area (Å²) in [7, 11) is 0. The molecule has 7 nitrogen and oxygen atoms in total. The SMILES string of the molecule is O=c1[nH]c(NCCc2csc(-c3cccnc3)n2)nc2c1CCNC2. The Bertz CT molecular complexity index is 920. The minimum atomic E-state index is -0.0403. The number of pyridine rings is 1. The third-order valence-electron chi connectivity index (χ3n) is 4.08. The molecule has 0 aromatic carbocycles. The number of nitrogens with one attached hydrogen (secondary N) is 3. The summed E-state index contributed by atoms with van der Waals surface area (Å²) >= 11 is 1.61. The van der Waals surface area contributed by atoms with Crippen LogP contribution in [0.1, 0.15) is 17.0 Å².